The molecule has 2 aliphatic heterocycles. The quantitative estimate of drug-likeness (QED) is 0.551. The third-order valence-electron chi connectivity index (χ3n) is 5.37. The molecule has 2 saturated heterocycles. The van der Waals surface area contributed by atoms with Crippen LogP contribution in [-0.2, 0) is 41.8 Å². The van der Waals surface area contributed by atoms with Crippen LogP contribution in [0.5, 0.6) is 0 Å². The van der Waals surface area contributed by atoms with E-state index in [0.717, 1.165) is 11.1 Å². The minimum absolute atomic E-state index is 0.0425. The Kier molecular flexibility index (Phi) is 5.59. The van der Waals surface area contributed by atoms with Gasteiger partial charge in [0.1, 0.15) is 27.0 Å². The second kappa shape index (κ2) is 8.32. The molecule has 1 N–H and O–H groups in total. The number of hydrogen-bond donors (Lipinski definition) is 1. The summed E-state index contributed by atoms with van der Waals surface area (Å²) in [5.41, 5.74) is -0.122. The van der Waals surface area contributed by atoms with Gasteiger partial charge in [-0.3, -0.25) is 14.4 Å². The molecule has 30 heavy (non-hydrogen) atoms. The molecule has 2 aromatic rings. The van der Waals surface area contributed by atoms with Gasteiger partial charge in [0.2, 0.25) is 0 Å². The van der Waals surface area contributed by atoms with Gasteiger partial charge in [0.05, 0.1) is 12.5 Å². The van der Waals surface area contributed by atoms with E-state index in [2.05, 4.69) is 5.32 Å². The topological polar surface area (TPSA) is 90.9 Å². The Morgan fingerprint density at radius 1 is 0.967 bits per heavy atom. The second-order valence-corrected chi connectivity index (χ2v) is 7.37. The minimum atomic E-state index is -1.73. The molecular formula is C22H20BNO6. The third-order valence-corrected chi connectivity index (χ3v) is 5.37. The molecule has 2 bridgehead atoms. The predicted molar refractivity (Wildman–Crippen MR) is 106 cm³/mol. The van der Waals surface area contributed by atoms with Gasteiger partial charge in [0.25, 0.3) is 5.91 Å². The van der Waals surface area contributed by atoms with Crippen LogP contribution in [0, 0.1) is 5.92 Å². The van der Waals surface area contributed by atoms with Crippen molar-refractivity contribution in [1.29, 1.82) is 0 Å². The molecule has 0 aromatic heterocycles. The van der Waals surface area contributed by atoms with E-state index >= 15 is 0 Å². The summed E-state index contributed by atoms with van der Waals surface area (Å²) in [5.74, 6) is -2.91. The Balaban J connectivity index is 1.45. The molecule has 7 nitrogen and oxygen atoms in total. The van der Waals surface area contributed by atoms with Crippen LogP contribution in [0.4, 0.5) is 0 Å². The maximum atomic E-state index is 12.8. The molecule has 0 spiro atoms. The van der Waals surface area contributed by atoms with Crippen molar-refractivity contribution in [3.05, 3.63) is 71.8 Å². The monoisotopic (exact) mass is 405 g/mol. The summed E-state index contributed by atoms with van der Waals surface area (Å²) < 4.78 is 16.3. The van der Waals surface area contributed by atoms with Gasteiger partial charge in [-0.2, -0.15) is 0 Å². The molecular weight excluding hydrogens is 385 g/mol. The van der Waals surface area contributed by atoms with Crippen LogP contribution in [-0.4, -0.2) is 43.3 Å². The standard InChI is InChI=1S/C22H20BNO6/c23-19-18-17(20(26)29-13-15-9-5-2-6-10-15)22(30-19,21(27)24-18)11-16(25)28-12-14-7-3-1-4-8-14/h1-10,17-19H,11-13H2,(H,24,27)/t17?,18?,19-,22-/m1/s1. The molecule has 2 radical (unpaired) electrons. The first-order valence-electron chi connectivity index (χ1n) is 9.64. The number of esters is 2. The van der Waals surface area contributed by atoms with Crippen molar-refractivity contribution in [2.75, 3.05) is 0 Å². The first kappa shape index (κ1) is 20.2. The molecule has 2 fully saturated rings. The van der Waals surface area contributed by atoms with Crippen LogP contribution in [0.1, 0.15) is 17.5 Å². The van der Waals surface area contributed by atoms with Gasteiger partial charge < -0.3 is 19.5 Å². The number of benzene rings is 2. The zero-order chi connectivity index (χ0) is 21.1. The van der Waals surface area contributed by atoms with E-state index in [1.807, 2.05) is 60.7 Å². The number of carbonyl (C=O) groups excluding carboxylic acids is 3. The number of carbonyl (C=O) groups is 3. The Bertz CT molecular complexity index is 937. The Labute approximate surface area is 175 Å². The number of rotatable bonds is 7. The molecule has 2 aromatic carbocycles. The summed E-state index contributed by atoms with van der Waals surface area (Å²) in [5, 5.41) is 2.65. The lowest BCUT2D eigenvalue weighted by Gasteiger charge is -2.28. The molecule has 4 atom stereocenters. The van der Waals surface area contributed by atoms with Crippen molar-refractivity contribution < 1.29 is 28.6 Å². The van der Waals surface area contributed by atoms with Crippen LogP contribution in [0.2, 0.25) is 0 Å². The lowest BCUT2D eigenvalue weighted by molar-refractivity contribution is -0.169. The van der Waals surface area contributed by atoms with Gasteiger partial charge in [0.15, 0.2) is 5.60 Å². The van der Waals surface area contributed by atoms with Crippen molar-refractivity contribution >= 4 is 25.7 Å². The zero-order valence-electron chi connectivity index (χ0n) is 16.2. The fourth-order valence-corrected chi connectivity index (χ4v) is 3.89. The fraction of sp³-hybridized carbons (Fsp3) is 0.318. The normalized spacial score (nSPS) is 26.8. The smallest absolute Gasteiger partial charge is 0.314 e. The average molecular weight is 405 g/mol. The van der Waals surface area contributed by atoms with Gasteiger partial charge in [0, 0.05) is 6.00 Å². The van der Waals surface area contributed by atoms with E-state index in [1.165, 1.54) is 0 Å². The summed E-state index contributed by atoms with van der Waals surface area (Å²) in [6, 6.07) is 16.6. The number of ether oxygens (including phenoxy) is 3. The summed E-state index contributed by atoms with van der Waals surface area (Å²) in [6.07, 6.45) is -0.430. The van der Waals surface area contributed by atoms with Gasteiger partial charge >= 0.3 is 11.9 Å². The molecule has 1 amide bonds. The maximum Gasteiger partial charge on any atom is 0.314 e. The first-order chi connectivity index (χ1) is 14.5. The minimum Gasteiger partial charge on any atom is -0.461 e. The highest BCUT2D eigenvalue weighted by Crippen LogP contribution is 2.44. The van der Waals surface area contributed by atoms with Crippen LogP contribution in [0.3, 0.4) is 0 Å². The van der Waals surface area contributed by atoms with Gasteiger partial charge in [-0.1, -0.05) is 60.7 Å². The average Bonchev–Trinajstić information content (AvgIpc) is 3.19. The van der Waals surface area contributed by atoms with Crippen LogP contribution in [0.25, 0.3) is 0 Å². The number of amides is 1. The van der Waals surface area contributed by atoms with E-state index in [4.69, 9.17) is 22.1 Å². The molecule has 8 heteroatoms. The highest BCUT2D eigenvalue weighted by atomic mass is 16.6. The summed E-state index contributed by atoms with van der Waals surface area (Å²) in [6.45, 7) is 0.0941. The van der Waals surface area contributed by atoms with Crippen LogP contribution < -0.4 is 5.32 Å². The van der Waals surface area contributed by atoms with Crippen LogP contribution >= 0.6 is 0 Å². The van der Waals surface area contributed by atoms with Crippen molar-refractivity contribution in [3.8, 4) is 0 Å². The summed E-state index contributed by atoms with van der Waals surface area (Å²) in [7, 11) is 5.95. The second-order valence-electron chi connectivity index (χ2n) is 7.37. The molecule has 2 unspecified atom stereocenters. The number of nitrogens with one attached hydrogen (secondary N) is 1. The Morgan fingerprint density at radius 3 is 2.13 bits per heavy atom. The molecule has 4 rings (SSSR count). The Hall–Kier alpha value is -3.13. The first-order valence-corrected chi connectivity index (χ1v) is 9.64. The van der Waals surface area contributed by atoms with E-state index in [1.54, 1.807) is 0 Å². The van der Waals surface area contributed by atoms with Crippen LogP contribution in [0.15, 0.2) is 60.7 Å². The fourth-order valence-electron chi connectivity index (χ4n) is 3.89. The highest BCUT2D eigenvalue weighted by Gasteiger charge is 2.68. The number of fused-ring (bicyclic) bond motifs is 2. The Morgan fingerprint density at radius 2 is 1.53 bits per heavy atom. The number of morpholine rings is 1. The molecule has 2 aliphatic rings. The van der Waals surface area contributed by atoms with E-state index in [-0.39, 0.29) is 13.2 Å². The van der Waals surface area contributed by atoms with Gasteiger partial charge in [-0.15, -0.1) is 0 Å². The summed E-state index contributed by atoms with van der Waals surface area (Å²) in [4.78, 5) is 37.9. The molecule has 0 aliphatic carbocycles. The predicted octanol–water partition coefficient (Wildman–Crippen LogP) is 1.24. The zero-order valence-corrected chi connectivity index (χ0v) is 16.2. The van der Waals surface area contributed by atoms with E-state index in [0.29, 0.717) is 0 Å². The van der Waals surface area contributed by atoms with Crippen molar-refractivity contribution in [1.82, 2.24) is 5.32 Å². The lowest BCUT2D eigenvalue weighted by atomic mass is 9.82. The SMILES string of the molecule is [B][C@@H]1O[C@@]2(CC(=O)OCc3ccccc3)C(=O)NC1C2C(=O)OCc1ccccc1. The third kappa shape index (κ3) is 3.83. The van der Waals surface area contributed by atoms with E-state index in [9.17, 15) is 14.4 Å². The summed E-state index contributed by atoms with van der Waals surface area (Å²) >= 11 is 0. The van der Waals surface area contributed by atoms with Crippen molar-refractivity contribution in [2.45, 2.75) is 37.3 Å². The largest absolute Gasteiger partial charge is 0.461 e. The van der Waals surface area contributed by atoms with E-state index < -0.39 is 47.8 Å². The lowest BCUT2D eigenvalue weighted by Crippen LogP contribution is -2.51. The van der Waals surface area contributed by atoms with Gasteiger partial charge in [-0.25, -0.2) is 0 Å². The van der Waals surface area contributed by atoms with Crippen molar-refractivity contribution in [3.63, 3.8) is 0 Å². The molecule has 0 saturated carbocycles. The highest BCUT2D eigenvalue weighted by molar-refractivity contribution is 6.14. The molecule has 152 valence electrons. The molecule has 2 heterocycles. The number of hydrogen-bond acceptors (Lipinski definition) is 6. The van der Waals surface area contributed by atoms with Gasteiger partial charge in [-0.05, 0) is 11.1 Å². The van der Waals surface area contributed by atoms with Crippen molar-refractivity contribution in [2.24, 2.45) is 5.92 Å². The maximum absolute atomic E-state index is 12.8.